The zero-order chi connectivity index (χ0) is 28.4. The molecule has 40 heavy (non-hydrogen) atoms. The monoisotopic (exact) mass is 545 g/mol. The molecule has 0 spiro atoms. The van der Waals surface area contributed by atoms with Crippen LogP contribution in [-0.4, -0.2) is 54.7 Å². The van der Waals surface area contributed by atoms with Crippen LogP contribution in [0.1, 0.15) is 36.0 Å². The molecule has 7 nitrogen and oxygen atoms in total. The van der Waals surface area contributed by atoms with Crippen LogP contribution in [0, 0.1) is 25.6 Å². The number of rotatable bonds is 8. The molecule has 2 heterocycles. The van der Waals surface area contributed by atoms with E-state index in [1.807, 2.05) is 61.2 Å². The van der Waals surface area contributed by atoms with Gasteiger partial charge in [-0.25, -0.2) is 4.39 Å². The Balaban J connectivity index is 1.42. The van der Waals surface area contributed by atoms with Crippen molar-refractivity contribution in [2.75, 3.05) is 32.1 Å². The molecule has 1 amide bonds. The van der Waals surface area contributed by atoms with Crippen LogP contribution >= 0.6 is 0 Å². The molecule has 210 valence electrons. The van der Waals surface area contributed by atoms with Crippen LogP contribution in [0.15, 0.2) is 48.5 Å². The van der Waals surface area contributed by atoms with E-state index in [4.69, 9.17) is 9.84 Å². The summed E-state index contributed by atoms with van der Waals surface area (Å²) >= 11 is 0. The molecule has 2 aliphatic heterocycles. The molecule has 3 aromatic rings. The van der Waals surface area contributed by atoms with E-state index in [0.29, 0.717) is 36.5 Å². The maximum atomic E-state index is 15.4. The lowest BCUT2D eigenvalue weighted by molar-refractivity contribution is -0.147. The van der Waals surface area contributed by atoms with Crippen molar-refractivity contribution >= 4 is 17.6 Å². The van der Waals surface area contributed by atoms with Crippen LogP contribution < -0.4 is 15.4 Å². The SMILES string of the molecule is COc1cc(-c2cccc(-c3cccc(NC(=O)C4CCCCN4)c3C)c2C)cc(F)c1CN1CC(C(=O)O)C1. The molecule has 2 fully saturated rings. The lowest BCUT2D eigenvalue weighted by Gasteiger charge is -2.36. The van der Waals surface area contributed by atoms with Gasteiger partial charge in [-0.15, -0.1) is 0 Å². The fourth-order valence-corrected chi connectivity index (χ4v) is 5.78. The second kappa shape index (κ2) is 11.8. The third kappa shape index (κ3) is 5.60. The number of ether oxygens (including phenoxy) is 1. The minimum absolute atomic E-state index is 0.00945. The fraction of sp³-hybridized carbons (Fsp3) is 0.375. The molecule has 2 aliphatic rings. The van der Waals surface area contributed by atoms with Gasteiger partial charge in [0.15, 0.2) is 0 Å². The quantitative estimate of drug-likeness (QED) is 0.352. The van der Waals surface area contributed by atoms with Crippen molar-refractivity contribution in [3.05, 3.63) is 71.0 Å². The van der Waals surface area contributed by atoms with Crippen LogP contribution in [0.25, 0.3) is 22.3 Å². The molecular formula is C32H36FN3O4. The normalized spacial score (nSPS) is 17.8. The lowest BCUT2D eigenvalue weighted by Crippen LogP contribution is -2.49. The molecule has 0 aliphatic carbocycles. The highest BCUT2D eigenvalue weighted by atomic mass is 19.1. The Labute approximate surface area is 234 Å². The minimum Gasteiger partial charge on any atom is -0.496 e. The number of amides is 1. The summed E-state index contributed by atoms with van der Waals surface area (Å²) in [7, 11) is 1.52. The number of anilines is 1. The molecule has 8 heteroatoms. The fourth-order valence-electron chi connectivity index (χ4n) is 5.78. The van der Waals surface area contributed by atoms with Gasteiger partial charge in [0.25, 0.3) is 0 Å². The summed E-state index contributed by atoms with van der Waals surface area (Å²) in [6.45, 7) is 5.98. The van der Waals surface area contributed by atoms with Gasteiger partial charge in [-0.05, 0) is 84.8 Å². The topological polar surface area (TPSA) is 90.9 Å². The van der Waals surface area contributed by atoms with E-state index in [2.05, 4.69) is 10.6 Å². The van der Waals surface area contributed by atoms with Gasteiger partial charge in [0.2, 0.25) is 5.91 Å². The Morgan fingerprint density at radius 2 is 1.75 bits per heavy atom. The third-order valence-corrected chi connectivity index (χ3v) is 8.22. The number of methoxy groups -OCH3 is 1. The average molecular weight is 546 g/mol. The molecule has 1 atom stereocenters. The van der Waals surface area contributed by atoms with Gasteiger partial charge in [-0.2, -0.15) is 0 Å². The first-order chi connectivity index (χ1) is 19.3. The predicted molar refractivity (Wildman–Crippen MR) is 154 cm³/mol. The van der Waals surface area contributed by atoms with E-state index >= 15 is 4.39 Å². The number of nitrogens with zero attached hydrogens (tertiary/aromatic N) is 1. The van der Waals surface area contributed by atoms with E-state index in [1.54, 1.807) is 0 Å². The molecule has 2 saturated heterocycles. The van der Waals surface area contributed by atoms with Crippen LogP contribution in [0.5, 0.6) is 5.75 Å². The highest BCUT2D eigenvalue weighted by molar-refractivity contribution is 5.96. The van der Waals surface area contributed by atoms with Crippen molar-refractivity contribution in [3.8, 4) is 28.0 Å². The number of nitrogens with one attached hydrogen (secondary N) is 2. The van der Waals surface area contributed by atoms with Crippen molar-refractivity contribution in [2.24, 2.45) is 5.92 Å². The van der Waals surface area contributed by atoms with E-state index in [0.717, 1.165) is 59.3 Å². The summed E-state index contributed by atoms with van der Waals surface area (Å²) in [6, 6.07) is 15.1. The molecular weight excluding hydrogens is 509 g/mol. The van der Waals surface area contributed by atoms with Gasteiger partial charge in [0.05, 0.1) is 19.1 Å². The molecule has 0 radical (unpaired) electrons. The van der Waals surface area contributed by atoms with Crippen LogP contribution in [-0.2, 0) is 16.1 Å². The number of piperidine rings is 1. The number of carbonyl (C=O) groups is 2. The van der Waals surface area contributed by atoms with Crippen molar-refractivity contribution < 1.29 is 23.8 Å². The number of carbonyl (C=O) groups excluding carboxylic acids is 1. The largest absolute Gasteiger partial charge is 0.496 e. The van der Waals surface area contributed by atoms with Crippen molar-refractivity contribution in [1.29, 1.82) is 0 Å². The Kier molecular flexibility index (Phi) is 8.19. The number of hydrogen-bond acceptors (Lipinski definition) is 5. The summed E-state index contributed by atoms with van der Waals surface area (Å²) in [5, 5.41) is 15.6. The molecule has 5 rings (SSSR count). The highest BCUT2D eigenvalue weighted by Crippen LogP contribution is 2.38. The first-order valence-electron chi connectivity index (χ1n) is 13.8. The summed E-state index contributed by atoms with van der Waals surface area (Å²) in [6.07, 6.45) is 2.98. The van der Waals surface area contributed by atoms with E-state index in [-0.39, 0.29) is 17.8 Å². The van der Waals surface area contributed by atoms with Gasteiger partial charge < -0.3 is 20.5 Å². The van der Waals surface area contributed by atoms with Crippen molar-refractivity contribution in [2.45, 2.75) is 45.7 Å². The zero-order valence-corrected chi connectivity index (χ0v) is 23.2. The molecule has 3 aromatic carbocycles. The summed E-state index contributed by atoms with van der Waals surface area (Å²) in [5.74, 6) is -1.17. The number of hydrogen-bond donors (Lipinski definition) is 3. The first-order valence-corrected chi connectivity index (χ1v) is 13.8. The lowest BCUT2D eigenvalue weighted by atomic mass is 9.89. The maximum Gasteiger partial charge on any atom is 0.309 e. The van der Waals surface area contributed by atoms with E-state index < -0.39 is 11.9 Å². The Morgan fingerprint density at radius 1 is 1.05 bits per heavy atom. The Bertz CT molecular complexity index is 1430. The summed E-state index contributed by atoms with van der Waals surface area (Å²) in [4.78, 5) is 25.9. The van der Waals surface area contributed by atoms with E-state index in [1.165, 1.54) is 13.2 Å². The number of carboxylic acid groups (broad SMARTS) is 1. The average Bonchev–Trinajstić information content (AvgIpc) is 2.92. The predicted octanol–water partition coefficient (Wildman–Crippen LogP) is 5.38. The molecule has 1 unspecified atom stereocenters. The van der Waals surface area contributed by atoms with Gasteiger partial charge in [-0.1, -0.05) is 36.8 Å². The smallest absolute Gasteiger partial charge is 0.309 e. The number of likely N-dealkylation sites (tertiary alicyclic amines) is 1. The number of benzene rings is 3. The van der Waals surface area contributed by atoms with Crippen LogP contribution in [0.2, 0.25) is 0 Å². The second-order valence-electron chi connectivity index (χ2n) is 10.8. The number of halogens is 1. The molecule has 0 aromatic heterocycles. The molecule has 0 bridgehead atoms. The van der Waals surface area contributed by atoms with Gasteiger partial charge >= 0.3 is 5.97 Å². The highest BCUT2D eigenvalue weighted by Gasteiger charge is 2.33. The second-order valence-corrected chi connectivity index (χ2v) is 10.8. The molecule has 3 N–H and O–H groups in total. The van der Waals surface area contributed by atoms with Gasteiger partial charge in [-0.3, -0.25) is 14.5 Å². The first kappa shape index (κ1) is 27.8. The maximum absolute atomic E-state index is 15.4. The minimum atomic E-state index is -0.821. The summed E-state index contributed by atoms with van der Waals surface area (Å²) in [5.41, 5.74) is 6.77. The van der Waals surface area contributed by atoms with Crippen molar-refractivity contribution in [1.82, 2.24) is 10.2 Å². The van der Waals surface area contributed by atoms with Gasteiger partial charge in [0, 0.05) is 30.9 Å². The standard InChI is InChI=1S/C32H36FN3O4/c1-19-23(21-14-27(33)26(30(15-21)40-3)18-36-16-22(17-36)32(38)39)8-6-9-24(19)25-10-7-12-28(20(25)2)35-31(37)29-11-4-5-13-34-29/h6-10,12,14-15,22,29,34H,4-5,11,13,16-18H2,1-3H3,(H,35,37)(H,38,39). The Morgan fingerprint density at radius 3 is 2.42 bits per heavy atom. The number of aliphatic carboxylic acids is 1. The van der Waals surface area contributed by atoms with Crippen LogP contribution in [0.4, 0.5) is 10.1 Å². The molecule has 0 saturated carbocycles. The van der Waals surface area contributed by atoms with Crippen LogP contribution in [0.3, 0.4) is 0 Å². The van der Waals surface area contributed by atoms with E-state index in [9.17, 15) is 9.59 Å². The number of carboxylic acids is 1. The zero-order valence-electron chi connectivity index (χ0n) is 23.2. The third-order valence-electron chi connectivity index (χ3n) is 8.22. The summed E-state index contributed by atoms with van der Waals surface area (Å²) < 4.78 is 21.0. The Hall–Kier alpha value is -3.75. The van der Waals surface area contributed by atoms with Crippen molar-refractivity contribution in [3.63, 3.8) is 0 Å². The van der Waals surface area contributed by atoms with Gasteiger partial charge in [0.1, 0.15) is 11.6 Å².